The number of nitrogens with one attached hydrogen (secondary N) is 1. The molecule has 2 aromatic carbocycles. The number of hydrogen-bond donors (Lipinski definition) is 1. The lowest BCUT2D eigenvalue weighted by Gasteiger charge is -2.14. The van der Waals surface area contributed by atoms with Gasteiger partial charge in [-0.1, -0.05) is 31.2 Å². The van der Waals surface area contributed by atoms with Gasteiger partial charge in [0.1, 0.15) is 0 Å². The van der Waals surface area contributed by atoms with Gasteiger partial charge in [0.05, 0.1) is 0 Å². The van der Waals surface area contributed by atoms with Crippen molar-refractivity contribution in [3.63, 3.8) is 0 Å². The average Bonchev–Trinajstić information content (AvgIpc) is 2.61. The van der Waals surface area contributed by atoms with E-state index in [-0.39, 0.29) is 5.75 Å². The molecule has 2 aromatic rings. The Kier molecular flexibility index (Phi) is 6.51. The molecule has 6 heteroatoms. The molecule has 25 heavy (non-hydrogen) atoms. The van der Waals surface area contributed by atoms with E-state index in [0.717, 1.165) is 12.0 Å². The smallest absolute Gasteiger partial charge is 0.344 e. The molecule has 132 valence electrons. The standard InChI is InChI=1S/C19H20FNO4/c1-3-14-8-10-15(11-9-14)21-19(23)13(2)25-18(22)12-24-17-7-5-4-6-16(17)20/h4-11,13H,3,12H2,1-2H3,(H,21,23)/t13-/m0/s1. The predicted molar refractivity (Wildman–Crippen MR) is 91.9 cm³/mol. The van der Waals surface area contributed by atoms with Gasteiger partial charge in [0, 0.05) is 5.69 Å². The molecule has 0 saturated carbocycles. The minimum atomic E-state index is -0.998. The average molecular weight is 345 g/mol. The van der Waals surface area contributed by atoms with Gasteiger partial charge >= 0.3 is 5.97 Å². The Balaban J connectivity index is 1.81. The lowest BCUT2D eigenvalue weighted by molar-refractivity contribution is -0.155. The fraction of sp³-hybridized carbons (Fsp3) is 0.263. The number of carbonyl (C=O) groups excluding carboxylic acids is 2. The molecular formula is C19H20FNO4. The van der Waals surface area contributed by atoms with Crippen molar-refractivity contribution < 1.29 is 23.5 Å². The molecule has 0 unspecified atom stereocenters. The molecule has 0 fully saturated rings. The molecule has 1 amide bonds. The van der Waals surface area contributed by atoms with Gasteiger partial charge < -0.3 is 14.8 Å². The first kappa shape index (κ1) is 18.4. The molecule has 0 saturated heterocycles. The molecule has 0 radical (unpaired) electrons. The summed E-state index contributed by atoms with van der Waals surface area (Å²) in [6.45, 7) is 3.01. The molecule has 0 aliphatic rings. The van der Waals surface area contributed by atoms with Crippen molar-refractivity contribution in [2.75, 3.05) is 11.9 Å². The van der Waals surface area contributed by atoms with Gasteiger partial charge in [-0.05, 0) is 43.2 Å². The minimum absolute atomic E-state index is 0.0485. The van der Waals surface area contributed by atoms with Gasteiger partial charge in [-0.15, -0.1) is 0 Å². The van der Waals surface area contributed by atoms with Crippen LogP contribution in [0.3, 0.4) is 0 Å². The van der Waals surface area contributed by atoms with Crippen LogP contribution in [0.2, 0.25) is 0 Å². The molecule has 0 spiro atoms. The molecule has 0 aromatic heterocycles. The highest BCUT2D eigenvalue weighted by molar-refractivity contribution is 5.95. The highest BCUT2D eigenvalue weighted by atomic mass is 19.1. The van der Waals surface area contributed by atoms with Crippen molar-refractivity contribution in [2.45, 2.75) is 26.4 Å². The van der Waals surface area contributed by atoms with E-state index >= 15 is 0 Å². The monoisotopic (exact) mass is 345 g/mol. The fourth-order valence-electron chi connectivity index (χ4n) is 2.05. The van der Waals surface area contributed by atoms with E-state index in [1.165, 1.54) is 25.1 Å². The molecule has 1 N–H and O–H groups in total. The Morgan fingerprint density at radius 2 is 1.80 bits per heavy atom. The van der Waals surface area contributed by atoms with Crippen LogP contribution in [0.15, 0.2) is 48.5 Å². The van der Waals surface area contributed by atoms with E-state index in [2.05, 4.69) is 5.32 Å². The van der Waals surface area contributed by atoms with Crippen LogP contribution >= 0.6 is 0 Å². The summed E-state index contributed by atoms with van der Waals surface area (Å²) in [5.74, 6) is -1.83. The Labute approximate surface area is 145 Å². The second kappa shape index (κ2) is 8.82. The van der Waals surface area contributed by atoms with Crippen molar-refractivity contribution in [1.82, 2.24) is 0 Å². The van der Waals surface area contributed by atoms with Crippen molar-refractivity contribution in [3.8, 4) is 5.75 Å². The molecular weight excluding hydrogens is 325 g/mol. The number of para-hydroxylation sites is 1. The third-order valence-electron chi connectivity index (χ3n) is 3.49. The summed E-state index contributed by atoms with van der Waals surface area (Å²) < 4.78 is 23.4. The second-order valence-corrected chi connectivity index (χ2v) is 5.39. The van der Waals surface area contributed by atoms with Crippen LogP contribution in [0.5, 0.6) is 5.75 Å². The first-order chi connectivity index (χ1) is 12.0. The summed E-state index contributed by atoms with van der Waals surface area (Å²) in [6, 6.07) is 13.1. The topological polar surface area (TPSA) is 64.6 Å². The number of benzene rings is 2. The van der Waals surface area contributed by atoms with Crippen molar-refractivity contribution in [1.29, 1.82) is 0 Å². The lowest BCUT2D eigenvalue weighted by Crippen LogP contribution is -2.31. The molecule has 0 aliphatic carbocycles. The zero-order valence-corrected chi connectivity index (χ0v) is 14.1. The molecule has 0 heterocycles. The van der Waals surface area contributed by atoms with Crippen molar-refractivity contribution >= 4 is 17.6 Å². The third-order valence-corrected chi connectivity index (χ3v) is 3.49. The van der Waals surface area contributed by atoms with Crippen molar-refractivity contribution in [3.05, 3.63) is 59.9 Å². The summed E-state index contributed by atoms with van der Waals surface area (Å²) in [6.07, 6.45) is -0.0906. The normalized spacial score (nSPS) is 11.5. The van der Waals surface area contributed by atoms with Gasteiger partial charge in [-0.2, -0.15) is 0 Å². The molecule has 0 bridgehead atoms. The lowest BCUT2D eigenvalue weighted by atomic mass is 10.1. The Morgan fingerprint density at radius 3 is 2.44 bits per heavy atom. The van der Waals surface area contributed by atoms with Gasteiger partial charge in [0.15, 0.2) is 24.3 Å². The van der Waals surface area contributed by atoms with Gasteiger partial charge in [-0.25, -0.2) is 9.18 Å². The SMILES string of the molecule is CCc1ccc(NC(=O)[C@H](C)OC(=O)COc2ccccc2F)cc1. The number of esters is 1. The van der Waals surface area contributed by atoms with Crippen LogP contribution in [0.1, 0.15) is 19.4 Å². The van der Waals surface area contributed by atoms with Crippen molar-refractivity contribution in [2.24, 2.45) is 0 Å². The zero-order valence-electron chi connectivity index (χ0n) is 14.1. The van der Waals surface area contributed by atoms with Crippen LogP contribution in [0, 0.1) is 5.82 Å². The summed E-state index contributed by atoms with van der Waals surface area (Å²) >= 11 is 0. The van der Waals surface area contributed by atoms with Crippen LogP contribution in [-0.4, -0.2) is 24.6 Å². The van der Waals surface area contributed by atoms with E-state index < -0.39 is 30.4 Å². The highest BCUT2D eigenvalue weighted by Gasteiger charge is 2.18. The maximum absolute atomic E-state index is 13.4. The number of rotatable bonds is 7. The third kappa shape index (κ3) is 5.60. The van der Waals surface area contributed by atoms with Gasteiger partial charge in [0.25, 0.3) is 5.91 Å². The summed E-state index contributed by atoms with van der Waals surface area (Å²) in [5, 5.41) is 2.66. The van der Waals surface area contributed by atoms with E-state index in [4.69, 9.17) is 9.47 Å². The zero-order chi connectivity index (χ0) is 18.2. The Hall–Kier alpha value is -2.89. The number of aryl methyl sites for hydroxylation is 1. The number of halogens is 1. The van der Waals surface area contributed by atoms with E-state index in [1.54, 1.807) is 18.2 Å². The summed E-state index contributed by atoms with van der Waals surface area (Å²) in [5.41, 5.74) is 1.77. The Bertz CT molecular complexity index is 730. The van der Waals surface area contributed by atoms with Gasteiger partial charge in [-0.3, -0.25) is 4.79 Å². The molecule has 0 aliphatic heterocycles. The number of carbonyl (C=O) groups is 2. The molecule has 2 rings (SSSR count). The quantitative estimate of drug-likeness (QED) is 0.782. The molecule has 5 nitrogen and oxygen atoms in total. The number of ether oxygens (including phenoxy) is 2. The maximum atomic E-state index is 13.4. The fourth-order valence-corrected chi connectivity index (χ4v) is 2.05. The van der Waals surface area contributed by atoms with Crippen LogP contribution < -0.4 is 10.1 Å². The largest absolute Gasteiger partial charge is 0.479 e. The summed E-state index contributed by atoms with van der Waals surface area (Å²) in [7, 11) is 0. The van der Waals surface area contributed by atoms with E-state index in [0.29, 0.717) is 5.69 Å². The van der Waals surface area contributed by atoms with Crippen LogP contribution in [0.25, 0.3) is 0 Å². The summed E-state index contributed by atoms with van der Waals surface area (Å²) in [4.78, 5) is 23.8. The first-order valence-corrected chi connectivity index (χ1v) is 7.96. The number of hydrogen-bond acceptors (Lipinski definition) is 4. The van der Waals surface area contributed by atoms with E-state index in [1.807, 2.05) is 19.1 Å². The minimum Gasteiger partial charge on any atom is -0.479 e. The highest BCUT2D eigenvalue weighted by Crippen LogP contribution is 2.15. The van der Waals surface area contributed by atoms with Crippen LogP contribution in [-0.2, 0) is 20.7 Å². The second-order valence-electron chi connectivity index (χ2n) is 5.39. The van der Waals surface area contributed by atoms with Gasteiger partial charge in [0.2, 0.25) is 0 Å². The first-order valence-electron chi connectivity index (χ1n) is 7.96. The predicted octanol–water partition coefficient (Wildman–Crippen LogP) is 3.34. The maximum Gasteiger partial charge on any atom is 0.344 e. The number of amides is 1. The van der Waals surface area contributed by atoms with E-state index in [9.17, 15) is 14.0 Å². The van der Waals surface area contributed by atoms with Crippen LogP contribution in [0.4, 0.5) is 10.1 Å². The number of anilines is 1. The molecule has 1 atom stereocenters. The Morgan fingerprint density at radius 1 is 1.12 bits per heavy atom.